The van der Waals surface area contributed by atoms with E-state index < -0.39 is 0 Å². The van der Waals surface area contributed by atoms with Gasteiger partial charge in [0.05, 0.1) is 35.3 Å². The average molecular weight is 480 g/mol. The second-order valence-corrected chi connectivity index (χ2v) is 8.14. The second kappa shape index (κ2) is 11.4. The van der Waals surface area contributed by atoms with Crippen molar-refractivity contribution in [2.24, 2.45) is 0 Å². The van der Waals surface area contributed by atoms with Crippen LogP contribution in [0, 0.1) is 6.92 Å². The standard InChI is InChI=1S/C24H25N5O4S/c1-16-11-17(5-6-20(16)33-12-18-13-34-15-28-18)29-24-23-19(26-14-27-24)3-2-4-21(23)32-10-8-25-22(31)7-9-30/h2-6,11,13-15,30H,7-10,12H2,1H3,(H,25,31)(H,26,27,29). The van der Waals surface area contributed by atoms with Crippen LogP contribution in [0.2, 0.25) is 0 Å². The van der Waals surface area contributed by atoms with Crippen LogP contribution in [-0.2, 0) is 11.4 Å². The van der Waals surface area contributed by atoms with Crippen molar-refractivity contribution in [3.8, 4) is 11.5 Å². The van der Waals surface area contributed by atoms with Crippen molar-refractivity contribution >= 4 is 39.7 Å². The van der Waals surface area contributed by atoms with Gasteiger partial charge in [-0.1, -0.05) is 6.07 Å². The van der Waals surface area contributed by atoms with Crippen molar-refractivity contribution < 1.29 is 19.4 Å². The zero-order chi connectivity index (χ0) is 23.8. The largest absolute Gasteiger partial charge is 0.491 e. The first kappa shape index (κ1) is 23.4. The van der Waals surface area contributed by atoms with Crippen LogP contribution in [0.15, 0.2) is 53.6 Å². The Bertz CT molecular complexity index is 1240. The molecule has 0 radical (unpaired) electrons. The van der Waals surface area contributed by atoms with Gasteiger partial charge in [0.1, 0.15) is 36.9 Å². The summed E-state index contributed by atoms with van der Waals surface area (Å²) in [4.78, 5) is 24.5. The Morgan fingerprint density at radius 2 is 2.03 bits per heavy atom. The molecule has 34 heavy (non-hydrogen) atoms. The van der Waals surface area contributed by atoms with Gasteiger partial charge < -0.3 is 25.2 Å². The van der Waals surface area contributed by atoms with Crippen LogP contribution in [0.5, 0.6) is 11.5 Å². The van der Waals surface area contributed by atoms with E-state index in [0.717, 1.165) is 33.6 Å². The van der Waals surface area contributed by atoms with E-state index in [-0.39, 0.29) is 25.5 Å². The molecule has 10 heteroatoms. The molecule has 0 aliphatic carbocycles. The second-order valence-electron chi connectivity index (χ2n) is 7.42. The van der Waals surface area contributed by atoms with Gasteiger partial charge in [-0.25, -0.2) is 15.0 Å². The minimum absolute atomic E-state index is 0.0737. The SMILES string of the molecule is Cc1cc(Nc2ncnc3cccc(OCCNC(=O)CCO)c23)ccc1OCc1cscn1. The maximum atomic E-state index is 11.5. The number of thiazole rings is 1. The summed E-state index contributed by atoms with van der Waals surface area (Å²) in [5.74, 6) is 1.79. The van der Waals surface area contributed by atoms with Crippen molar-refractivity contribution in [3.63, 3.8) is 0 Å². The molecule has 2 aromatic carbocycles. The van der Waals surface area contributed by atoms with E-state index in [1.165, 1.54) is 6.33 Å². The van der Waals surface area contributed by atoms with Gasteiger partial charge in [0, 0.05) is 17.5 Å². The third kappa shape index (κ3) is 5.97. The molecule has 1 amide bonds. The average Bonchev–Trinajstić information content (AvgIpc) is 3.35. The highest BCUT2D eigenvalue weighted by Crippen LogP contribution is 2.32. The fourth-order valence-corrected chi connectivity index (χ4v) is 3.86. The molecule has 0 saturated heterocycles. The topological polar surface area (TPSA) is 118 Å². The molecule has 0 spiro atoms. The highest BCUT2D eigenvalue weighted by molar-refractivity contribution is 7.07. The normalized spacial score (nSPS) is 10.8. The van der Waals surface area contributed by atoms with Crippen LogP contribution in [0.25, 0.3) is 10.9 Å². The molecule has 0 unspecified atom stereocenters. The minimum atomic E-state index is -0.218. The Kier molecular flexibility index (Phi) is 7.84. The van der Waals surface area contributed by atoms with Crippen molar-refractivity contribution in [1.29, 1.82) is 0 Å². The number of carbonyl (C=O) groups is 1. The summed E-state index contributed by atoms with van der Waals surface area (Å²) in [5, 5.41) is 17.6. The van der Waals surface area contributed by atoms with Crippen LogP contribution < -0.4 is 20.1 Å². The van der Waals surface area contributed by atoms with Gasteiger partial charge in [-0.05, 0) is 42.8 Å². The first-order valence-electron chi connectivity index (χ1n) is 10.8. The van der Waals surface area contributed by atoms with Gasteiger partial charge in [-0.15, -0.1) is 11.3 Å². The molecule has 0 aliphatic heterocycles. The molecule has 176 valence electrons. The van der Waals surface area contributed by atoms with Crippen LogP contribution >= 0.6 is 11.3 Å². The summed E-state index contributed by atoms with van der Waals surface area (Å²) in [7, 11) is 0. The van der Waals surface area contributed by atoms with E-state index in [2.05, 4.69) is 25.6 Å². The zero-order valence-corrected chi connectivity index (χ0v) is 19.5. The third-order valence-electron chi connectivity index (χ3n) is 4.94. The molecule has 2 aromatic heterocycles. The van der Waals surface area contributed by atoms with E-state index >= 15 is 0 Å². The van der Waals surface area contributed by atoms with E-state index in [4.69, 9.17) is 14.6 Å². The number of nitrogens with zero attached hydrogens (tertiary/aromatic N) is 3. The molecular formula is C24H25N5O4S. The number of benzene rings is 2. The number of nitrogens with one attached hydrogen (secondary N) is 2. The number of fused-ring (bicyclic) bond motifs is 1. The number of aliphatic hydroxyl groups is 1. The van der Waals surface area contributed by atoms with Crippen LogP contribution in [0.1, 0.15) is 17.7 Å². The highest BCUT2D eigenvalue weighted by atomic mass is 32.1. The monoisotopic (exact) mass is 479 g/mol. The molecule has 3 N–H and O–H groups in total. The lowest BCUT2D eigenvalue weighted by Gasteiger charge is -2.14. The predicted octanol–water partition coefficient (Wildman–Crippen LogP) is 3.59. The maximum Gasteiger partial charge on any atom is 0.222 e. The fourth-order valence-electron chi connectivity index (χ4n) is 3.32. The summed E-state index contributed by atoms with van der Waals surface area (Å²) < 4.78 is 11.8. The van der Waals surface area contributed by atoms with Crippen molar-refractivity contribution in [2.45, 2.75) is 20.0 Å². The van der Waals surface area contributed by atoms with Crippen molar-refractivity contribution in [1.82, 2.24) is 20.3 Å². The molecule has 2 heterocycles. The van der Waals surface area contributed by atoms with Gasteiger partial charge >= 0.3 is 0 Å². The van der Waals surface area contributed by atoms with E-state index in [0.29, 0.717) is 24.7 Å². The maximum absolute atomic E-state index is 11.5. The number of aryl methyl sites for hydroxylation is 1. The number of anilines is 2. The molecule has 4 rings (SSSR count). The lowest BCUT2D eigenvalue weighted by Crippen LogP contribution is -2.28. The van der Waals surface area contributed by atoms with E-state index in [9.17, 15) is 4.79 Å². The number of hydrogen-bond acceptors (Lipinski definition) is 9. The number of hydrogen-bond donors (Lipinski definition) is 3. The Hall–Kier alpha value is -3.76. The van der Waals surface area contributed by atoms with E-state index in [1.807, 2.05) is 48.7 Å². The summed E-state index contributed by atoms with van der Waals surface area (Å²) >= 11 is 1.54. The fraction of sp³-hybridized carbons (Fsp3) is 0.250. The lowest BCUT2D eigenvalue weighted by atomic mass is 10.1. The molecule has 4 aromatic rings. The van der Waals surface area contributed by atoms with Crippen LogP contribution in [0.4, 0.5) is 11.5 Å². The molecule has 0 fully saturated rings. The Morgan fingerprint density at radius 1 is 1.12 bits per heavy atom. The molecular weight excluding hydrogens is 454 g/mol. The number of rotatable bonds is 11. The smallest absolute Gasteiger partial charge is 0.222 e. The summed E-state index contributed by atoms with van der Waals surface area (Å²) in [6, 6.07) is 11.4. The summed E-state index contributed by atoms with van der Waals surface area (Å²) in [5.41, 5.74) is 5.26. The molecule has 0 aliphatic rings. The predicted molar refractivity (Wildman–Crippen MR) is 131 cm³/mol. The van der Waals surface area contributed by atoms with E-state index in [1.54, 1.807) is 16.8 Å². The quantitative estimate of drug-likeness (QED) is 0.279. The first-order chi connectivity index (χ1) is 16.6. The molecule has 0 saturated carbocycles. The Labute approximate surface area is 200 Å². The molecule has 9 nitrogen and oxygen atoms in total. The molecule has 0 bridgehead atoms. The van der Waals surface area contributed by atoms with Gasteiger partial charge in [0.2, 0.25) is 5.91 Å². The van der Waals surface area contributed by atoms with Crippen LogP contribution in [0.3, 0.4) is 0 Å². The summed E-state index contributed by atoms with van der Waals surface area (Å²) in [6.07, 6.45) is 1.58. The van der Waals surface area contributed by atoms with Gasteiger partial charge in [-0.2, -0.15) is 0 Å². The highest BCUT2D eigenvalue weighted by Gasteiger charge is 2.12. The van der Waals surface area contributed by atoms with Crippen molar-refractivity contribution in [3.05, 3.63) is 64.9 Å². The number of aromatic nitrogens is 3. The Morgan fingerprint density at radius 3 is 2.82 bits per heavy atom. The lowest BCUT2D eigenvalue weighted by molar-refractivity contribution is -0.121. The number of amides is 1. The minimum Gasteiger partial charge on any atom is -0.491 e. The summed E-state index contributed by atoms with van der Waals surface area (Å²) in [6.45, 7) is 2.83. The van der Waals surface area contributed by atoms with Crippen molar-refractivity contribution in [2.75, 3.05) is 25.1 Å². The molecule has 0 atom stereocenters. The Balaban J connectivity index is 1.47. The number of aliphatic hydroxyl groups excluding tert-OH is 1. The third-order valence-corrected chi connectivity index (χ3v) is 5.58. The number of carbonyl (C=O) groups excluding carboxylic acids is 1. The van der Waals surface area contributed by atoms with Crippen LogP contribution in [-0.4, -0.2) is 45.7 Å². The zero-order valence-electron chi connectivity index (χ0n) is 18.7. The van der Waals surface area contributed by atoms with Gasteiger partial charge in [0.25, 0.3) is 0 Å². The van der Waals surface area contributed by atoms with Gasteiger partial charge in [0.15, 0.2) is 0 Å². The number of ether oxygens (including phenoxy) is 2. The van der Waals surface area contributed by atoms with Gasteiger partial charge in [-0.3, -0.25) is 4.79 Å². The first-order valence-corrected chi connectivity index (χ1v) is 11.7.